The maximum absolute atomic E-state index is 11.9. The maximum Gasteiger partial charge on any atom is 0.310 e. The Labute approximate surface area is 165 Å². The van der Waals surface area contributed by atoms with Crippen LogP contribution in [0.2, 0.25) is 0 Å². The number of aliphatic hydroxyl groups is 1. The van der Waals surface area contributed by atoms with Crippen molar-refractivity contribution in [1.82, 2.24) is 0 Å². The summed E-state index contributed by atoms with van der Waals surface area (Å²) in [5, 5.41) is 20.9. The quantitative estimate of drug-likeness (QED) is 0.560. The van der Waals surface area contributed by atoms with E-state index in [4.69, 9.17) is 5.11 Å². The van der Waals surface area contributed by atoms with Gasteiger partial charge in [-0.15, -0.1) is 0 Å². The first-order chi connectivity index (χ1) is 12.4. The highest BCUT2D eigenvalue weighted by Crippen LogP contribution is 2.63. The largest absolute Gasteiger partial charge is 0.481 e. The van der Waals surface area contributed by atoms with E-state index in [1.54, 1.807) is 13.0 Å². The molecule has 3 heteroatoms. The number of hydrogen-bond donors (Lipinski definition) is 2. The number of carbonyl (C=O) groups is 1. The third kappa shape index (κ3) is 4.34. The first-order valence-corrected chi connectivity index (χ1v) is 10.7. The molecule has 154 valence electrons. The van der Waals surface area contributed by atoms with Crippen molar-refractivity contribution in [1.29, 1.82) is 0 Å². The van der Waals surface area contributed by atoms with Gasteiger partial charge in [-0.1, -0.05) is 57.9 Å². The molecular weight excluding hydrogens is 336 g/mol. The van der Waals surface area contributed by atoms with Gasteiger partial charge in [0, 0.05) is 0 Å². The summed E-state index contributed by atoms with van der Waals surface area (Å²) in [5.74, 6) is -0.370. The molecule has 2 saturated carbocycles. The molecule has 0 amide bonds. The molecule has 0 bridgehead atoms. The fourth-order valence-electron chi connectivity index (χ4n) is 6.04. The third-order valence-electron chi connectivity index (χ3n) is 7.99. The van der Waals surface area contributed by atoms with Gasteiger partial charge in [0.1, 0.15) is 0 Å². The van der Waals surface area contributed by atoms with Gasteiger partial charge in [-0.05, 0) is 75.0 Å². The zero-order valence-electron chi connectivity index (χ0n) is 18.2. The number of carboxylic acid groups (broad SMARTS) is 1. The smallest absolute Gasteiger partial charge is 0.310 e. The van der Waals surface area contributed by atoms with Crippen LogP contribution in [0.1, 0.15) is 86.5 Å². The van der Waals surface area contributed by atoms with Crippen LogP contribution in [0, 0.1) is 28.6 Å². The summed E-state index contributed by atoms with van der Waals surface area (Å²) in [6, 6.07) is 0. The Morgan fingerprint density at radius 2 is 1.89 bits per heavy atom. The summed E-state index contributed by atoms with van der Waals surface area (Å²) in [6.07, 6.45) is 13.2. The summed E-state index contributed by atoms with van der Waals surface area (Å²) in [6.45, 7) is 13.1. The van der Waals surface area contributed by atoms with Crippen LogP contribution in [0.3, 0.4) is 0 Å². The average Bonchev–Trinajstić information content (AvgIpc) is 2.57. The topological polar surface area (TPSA) is 57.5 Å². The highest BCUT2D eigenvalue weighted by atomic mass is 16.4. The van der Waals surface area contributed by atoms with Gasteiger partial charge in [0.15, 0.2) is 0 Å². The lowest BCUT2D eigenvalue weighted by atomic mass is 9.44. The number of fused-ring (bicyclic) bond motifs is 1. The molecule has 2 rings (SSSR count). The highest BCUT2D eigenvalue weighted by Gasteiger charge is 2.60. The van der Waals surface area contributed by atoms with Gasteiger partial charge in [0.25, 0.3) is 0 Å². The number of rotatable bonds is 6. The minimum Gasteiger partial charge on any atom is -0.481 e. The second kappa shape index (κ2) is 8.11. The van der Waals surface area contributed by atoms with Crippen molar-refractivity contribution >= 4 is 5.97 Å². The van der Waals surface area contributed by atoms with Crippen molar-refractivity contribution in [2.24, 2.45) is 28.6 Å². The van der Waals surface area contributed by atoms with E-state index >= 15 is 0 Å². The summed E-state index contributed by atoms with van der Waals surface area (Å²) in [5.41, 5.74) is 0.869. The van der Waals surface area contributed by atoms with Crippen LogP contribution in [0.15, 0.2) is 23.8 Å². The molecule has 3 nitrogen and oxygen atoms in total. The van der Waals surface area contributed by atoms with Gasteiger partial charge < -0.3 is 10.2 Å². The van der Waals surface area contributed by atoms with E-state index < -0.39 is 17.5 Å². The van der Waals surface area contributed by atoms with Crippen LogP contribution in [0.25, 0.3) is 0 Å². The third-order valence-corrected chi connectivity index (χ3v) is 7.99. The number of hydrogen-bond acceptors (Lipinski definition) is 2. The molecule has 2 N–H and O–H groups in total. The summed E-state index contributed by atoms with van der Waals surface area (Å²) < 4.78 is 0. The molecule has 27 heavy (non-hydrogen) atoms. The van der Waals surface area contributed by atoms with Crippen LogP contribution < -0.4 is 0 Å². The fourth-order valence-corrected chi connectivity index (χ4v) is 6.04. The fraction of sp³-hybridized carbons (Fsp3) is 0.792. The van der Waals surface area contributed by atoms with E-state index in [1.807, 2.05) is 12.2 Å². The Balaban J connectivity index is 2.14. The van der Waals surface area contributed by atoms with E-state index in [9.17, 15) is 9.90 Å². The van der Waals surface area contributed by atoms with Crippen LogP contribution in [-0.4, -0.2) is 21.8 Å². The van der Waals surface area contributed by atoms with Crippen molar-refractivity contribution in [3.8, 4) is 0 Å². The highest BCUT2D eigenvalue weighted by molar-refractivity contribution is 5.71. The molecule has 0 saturated heterocycles. The predicted octanol–water partition coefficient (Wildman–Crippen LogP) is 5.98. The molecule has 5 atom stereocenters. The van der Waals surface area contributed by atoms with Crippen LogP contribution in [-0.2, 0) is 4.79 Å². The SMILES string of the molecule is C/C(=C/C=C/[C@H](C)C(=O)O)CC[C@@]1(O)C(C)CC[C@H]2C(C)(C)CCC[C@@]21C. The van der Waals surface area contributed by atoms with Gasteiger partial charge in [-0.3, -0.25) is 4.79 Å². The zero-order chi connectivity index (χ0) is 20.5. The van der Waals surface area contributed by atoms with Gasteiger partial charge in [0.05, 0.1) is 11.5 Å². The Bertz CT molecular complexity index is 603. The molecule has 2 aliphatic rings. The lowest BCUT2D eigenvalue weighted by molar-refractivity contribution is -0.211. The Morgan fingerprint density at radius 3 is 2.52 bits per heavy atom. The molecule has 0 aromatic carbocycles. The molecule has 1 unspecified atom stereocenters. The normalized spacial score (nSPS) is 37.8. The first kappa shape index (κ1) is 22.2. The first-order valence-electron chi connectivity index (χ1n) is 10.7. The summed E-state index contributed by atoms with van der Waals surface area (Å²) in [4.78, 5) is 10.9. The van der Waals surface area contributed by atoms with Gasteiger partial charge in [0.2, 0.25) is 0 Å². The maximum atomic E-state index is 11.9. The Kier molecular flexibility index (Phi) is 6.67. The van der Waals surface area contributed by atoms with E-state index in [0.29, 0.717) is 17.3 Å². The number of aliphatic carboxylic acids is 1. The second-order valence-corrected chi connectivity index (χ2v) is 10.2. The van der Waals surface area contributed by atoms with Crippen LogP contribution in [0.5, 0.6) is 0 Å². The molecule has 0 aromatic rings. The van der Waals surface area contributed by atoms with E-state index in [2.05, 4.69) is 34.6 Å². The minimum absolute atomic E-state index is 0.0135. The van der Waals surface area contributed by atoms with Gasteiger partial charge in [-0.25, -0.2) is 0 Å². The zero-order valence-corrected chi connectivity index (χ0v) is 18.2. The standard InChI is InChI=1S/C24H40O3/c1-17(9-7-10-18(2)21(25)26)13-16-24(27)19(3)11-12-20-22(4,5)14-8-15-23(20,24)6/h7,9-10,18-20,27H,8,11-16H2,1-6H3,(H,25,26)/b10-7+,17-9-/t18-,19?,20-,23-,24+/m0/s1. The van der Waals surface area contributed by atoms with Crippen molar-refractivity contribution < 1.29 is 15.0 Å². The van der Waals surface area contributed by atoms with E-state index in [1.165, 1.54) is 24.8 Å². The molecular formula is C24H40O3. The molecule has 0 aromatic heterocycles. The molecule has 0 heterocycles. The van der Waals surface area contributed by atoms with Gasteiger partial charge >= 0.3 is 5.97 Å². The molecule has 0 spiro atoms. The van der Waals surface area contributed by atoms with Crippen molar-refractivity contribution in [3.63, 3.8) is 0 Å². The Morgan fingerprint density at radius 1 is 1.22 bits per heavy atom. The van der Waals surface area contributed by atoms with E-state index in [-0.39, 0.29) is 5.41 Å². The summed E-state index contributed by atoms with van der Waals surface area (Å²) in [7, 11) is 0. The number of carboxylic acids is 1. The van der Waals surface area contributed by atoms with Crippen LogP contribution in [0.4, 0.5) is 0 Å². The second-order valence-electron chi connectivity index (χ2n) is 10.2. The minimum atomic E-state index is -0.804. The molecule has 2 aliphatic carbocycles. The van der Waals surface area contributed by atoms with Gasteiger partial charge in [-0.2, -0.15) is 0 Å². The monoisotopic (exact) mass is 376 g/mol. The van der Waals surface area contributed by atoms with E-state index in [0.717, 1.165) is 25.7 Å². The average molecular weight is 377 g/mol. The summed E-state index contributed by atoms with van der Waals surface area (Å²) >= 11 is 0. The van der Waals surface area contributed by atoms with Crippen LogP contribution >= 0.6 is 0 Å². The predicted molar refractivity (Wildman–Crippen MR) is 112 cm³/mol. The van der Waals surface area contributed by atoms with Crippen molar-refractivity contribution in [3.05, 3.63) is 23.8 Å². The molecule has 0 aliphatic heterocycles. The number of allylic oxidation sites excluding steroid dienone is 3. The lowest BCUT2D eigenvalue weighted by Gasteiger charge is -2.63. The van der Waals surface area contributed by atoms with Crippen molar-refractivity contribution in [2.75, 3.05) is 0 Å². The van der Waals surface area contributed by atoms with Crippen molar-refractivity contribution in [2.45, 2.75) is 92.1 Å². The Hall–Kier alpha value is -1.09. The lowest BCUT2D eigenvalue weighted by Crippen LogP contribution is -2.62. The molecule has 0 radical (unpaired) electrons. The molecule has 2 fully saturated rings.